The lowest BCUT2D eigenvalue weighted by atomic mass is 10.1. The average Bonchev–Trinajstić information content (AvgIpc) is 3.55. The van der Waals surface area contributed by atoms with Crippen LogP contribution in [0.3, 0.4) is 0 Å². The lowest BCUT2D eigenvalue weighted by Crippen LogP contribution is -2.68. The Morgan fingerprint density at radius 3 is 2.08 bits per heavy atom. The van der Waals surface area contributed by atoms with Crippen LogP contribution in [0.4, 0.5) is 0 Å². The summed E-state index contributed by atoms with van der Waals surface area (Å²) in [5.41, 5.74) is 1.05. The monoisotopic (exact) mass is 557 g/mol. The van der Waals surface area contributed by atoms with Gasteiger partial charge in [0.15, 0.2) is 11.5 Å². The fourth-order valence-electron chi connectivity index (χ4n) is 6.23. The second kappa shape index (κ2) is 11.2. The minimum absolute atomic E-state index is 0.0521. The molecule has 0 aliphatic carbocycles. The Balaban J connectivity index is 1.48. The van der Waals surface area contributed by atoms with Gasteiger partial charge >= 0.3 is 5.97 Å². The van der Waals surface area contributed by atoms with Gasteiger partial charge in [0.25, 0.3) is 8.32 Å². The number of hydrogen-bond acceptors (Lipinski definition) is 6. The lowest BCUT2D eigenvalue weighted by Gasteiger charge is -2.46. The van der Waals surface area contributed by atoms with Gasteiger partial charge in [0.1, 0.15) is 12.1 Å². The summed E-state index contributed by atoms with van der Waals surface area (Å²) in [5, 5.41) is 2.20. The maximum atomic E-state index is 13.1. The van der Waals surface area contributed by atoms with Crippen molar-refractivity contribution in [2.45, 2.75) is 63.1 Å². The highest BCUT2D eigenvalue weighted by atomic mass is 28.4. The Kier molecular flexibility index (Phi) is 7.91. The summed E-state index contributed by atoms with van der Waals surface area (Å²) in [4.78, 5) is 15.3. The summed E-state index contributed by atoms with van der Waals surface area (Å²) < 4.78 is 24.4. The van der Waals surface area contributed by atoms with E-state index in [1.807, 2.05) is 36.4 Å². The third kappa shape index (κ3) is 4.98. The van der Waals surface area contributed by atoms with Crippen molar-refractivity contribution in [3.8, 4) is 11.5 Å². The topological polar surface area (TPSA) is 57.0 Å². The normalized spacial score (nSPS) is 22.7. The van der Waals surface area contributed by atoms with Crippen LogP contribution < -0.4 is 19.8 Å². The Labute approximate surface area is 238 Å². The summed E-state index contributed by atoms with van der Waals surface area (Å²) in [7, 11) is 0.394. The van der Waals surface area contributed by atoms with Crippen molar-refractivity contribution in [1.29, 1.82) is 0 Å². The van der Waals surface area contributed by atoms with Crippen molar-refractivity contribution in [1.82, 2.24) is 4.90 Å². The summed E-state index contributed by atoms with van der Waals surface area (Å²) in [6.45, 7) is 11.4. The maximum absolute atomic E-state index is 13.1. The summed E-state index contributed by atoms with van der Waals surface area (Å²) in [5.74, 6) is 1.17. The van der Waals surface area contributed by atoms with Gasteiger partial charge in [-0.05, 0) is 39.5 Å². The fraction of sp³-hybridized carbons (Fsp3) is 0.364. The van der Waals surface area contributed by atoms with Crippen LogP contribution in [0.25, 0.3) is 0 Å². The van der Waals surface area contributed by atoms with Crippen LogP contribution in [0.5, 0.6) is 11.5 Å². The first-order valence-corrected chi connectivity index (χ1v) is 15.7. The highest BCUT2D eigenvalue weighted by molar-refractivity contribution is 6.99. The van der Waals surface area contributed by atoms with Gasteiger partial charge in [-0.1, -0.05) is 93.6 Å². The molecule has 1 unspecified atom stereocenters. The van der Waals surface area contributed by atoms with Crippen molar-refractivity contribution in [3.63, 3.8) is 0 Å². The molecule has 40 heavy (non-hydrogen) atoms. The number of rotatable bonds is 11. The number of hydrogen-bond donors (Lipinski definition) is 0. The van der Waals surface area contributed by atoms with Crippen LogP contribution in [-0.2, 0) is 20.5 Å². The molecule has 0 saturated carbocycles. The van der Waals surface area contributed by atoms with Gasteiger partial charge in [0, 0.05) is 6.54 Å². The van der Waals surface area contributed by atoms with E-state index in [2.05, 4.69) is 80.8 Å². The minimum atomic E-state index is -2.86. The van der Waals surface area contributed by atoms with E-state index in [0.29, 0.717) is 24.5 Å². The third-order valence-electron chi connectivity index (χ3n) is 8.13. The van der Waals surface area contributed by atoms with Crippen LogP contribution in [0.2, 0.25) is 5.04 Å². The number of methoxy groups -OCH3 is 2. The first kappa shape index (κ1) is 28.1. The molecule has 2 fully saturated rings. The van der Waals surface area contributed by atoms with E-state index in [4.69, 9.17) is 18.6 Å². The predicted molar refractivity (Wildman–Crippen MR) is 160 cm³/mol. The predicted octanol–water partition coefficient (Wildman–Crippen LogP) is 4.70. The van der Waals surface area contributed by atoms with Gasteiger partial charge < -0.3 is 18.6 Å². The third-order valence-corrected chi connectivity index (χ3v) is 13.2. The second-order valence-electron chi connectivity index (χ2n) is 11.5. The van der Waals surface area contributed by atoms with Gasteiger partial charge in [0.2, 0.25) is 0 Å². The fourth-order valence-corrected chi connectivity index (χ4v) is 10.9. The molecule has 2 saturated heterocycles. The highest BCUT2D eigenvalue weighted by Gasteiger charge is 2.66. The Bertz CT molecular complexity index is 1300. The van der Waals surface area contributed by atoms with Crippen molar-refractivity contribution in [2.24, 2.45) is 0 Å². The van der Waals surface area contributed by atoms with E-state index in [0.717, 1.165) is 5.56 Å². The van der Waals surface area contributed by atoms with E-state index in [1.54, 1.807) is 14.2 Å². The molecule has 210 valence electrons. The number of benzene rings is 3. The molecule has 0 spiro atoms. The minimum Gasteiger partial charge on any atom is -0.493 e. The van der Waals surface area contributed by atoms with E-state index in [1.165, 1.54) is 10.4 Å². The lowest BCUT2D eigenvalue weighted by molar-refractivity contribution is -0.150. The first-order chi connectivity index (χ1) is 19.2. The smallest absolute Gasteiger partial charge is 0.325 e. The van der Waals surface area contributed by atoms with Gasteiger partial charge in [0.05, 0.1) is 26.4 Å². The van der Waals surface area contributed by atoms with E-state index < -0.39 is 14.4 Å². The van der Waals surface area contributed by atoms with Gasteiger partial charge in [-0.2, -0.15) is 0 Å². The largest absolute Gasteiger partial charge is 0.493 e. The molecule has 2 heterocycles. The zero-order valence-corrected chi connectivity index (χ0v) is 25.0. The number of fused-ring (bicyclic) bond motifs is 1. The molecule has 0 radical (unpaired) electrons. The number of morpholine rings is 1. The molecule has 0 bridgehead atoms. The standard InChI is InChI=1S/C33H39NO5Si/c1-7-14-27(39-40(33(2,3)4,24-15-10-8-11-16-24)25-17-12-9-13-18-25)31-29-30(32(35)38-31)34(29)22-23-19-20-26(36-5)28(21-23)37-6/h7-13,15-21,27,29-31H,1,14,22H2,2-6H3/t27-,29-,30+,31+,34?/m0/s1. The van der Waals surface area contributed by atoms with Crippen molar-refractivity contribution in [2.75, 3.05) is 14.2 Å². The average molecular weight is 558 g/mol. The Morgan fingerprint density at radius 2 is 1.55 bits per heavy atom. The van der Waals surface area contributed by atoms with E-state index in [9.17, 15) is 4.79 Å². The van der Waals surface area contributed by atoms with Crippen LogP contribution in [0.1, 0.15) is 32.8 Å². The molecule has 5 atom stereocenters. The molecule has 3 aromatic rings. The molecule has 0 aromatic heterocycles. The number of ether oxygens (including phenoxy) is 3. The number of esters is 1. The SMILES string of the molecule is C=CC[C@H](O[Si](c1ccccc1)(c1ccccc1)C(C)(C)C)[C@H]1OC(=O)[C@H]2[C@@H]1N2Cc1ccc(OC)c(OC)c1. The first-order valence-electron chi connectivity index (χ1n) is 13.8. The molecule has 3 aromatic carbocycles. The number of nitrogens with zero attached hydrogens (tertiary/aromatic N) is 1. The van der Waals surface area contributed by atoms with E-state index >= 15 is 0 Å². The number of carbonyl (C=O) groups is 1. The van der Waals surface area contributed by atoms with Crippen LogP contribution in [-0.4, -0.2) is 57.7 Å². The molecular weight excluding hydrogens is 518 g/mol. The summed E-state index contributed by atoms with van der Waals surface area (Å²) >= 11 is 0. The van der Waals surface area contributed by atoms with Crippen molar-refractivity contribution >= 4 is 24.7 Å². The molecule has 2 aliphatic heterocycles. The van der Waals surface area contributed by atoms with Crippen molar-refractivity contribution < 1.29 is 23.4 Å². The van der Waals surface area contributed by atoms with Crippen LogP contribution in [0.15, 0.2) is 91.5 Å². The molecule has 6 nitrogen and oxygen atoms in total. The summed E-state index contributed by atoms with van der Waals surface area (Å²) in [6, 6.07) is 26.7. The van der Waals surface area contributed by atoms with Gasteiger partial charge in [-0.15, -0.1) is 6.58 Å². The van der Waals surface area contributed by atoms with Gasteiger partial charge in [-0.25, -0.2) is 0 Å². The molecule has 7 heteroatoms. The highest BCUT2D eigenvalue weighted by Crippen LogP contribution is 2.46. The number of carbonyl (C=O) groups excluding carboxylic acids is 1. The Morgan fingerprint density at radius 1 is 0.950 bits per heavy atom. The quantitative estimate of drug-likeness (QED) is 0.147. The Hall–Kier alpha value is -3.39. The maximum Gasteiger partial charge on any atom is 0.325 e. The molecule has 0 amide bonds. The molecular formula is C33H39NO5Si. The van der Waals surface area contributed by atoms with Crippen molar-refractivity contribution in [3.05, 3.63) is 97.1 Å². The van der Waals surface area contributed by atoms with E-state index in [-0.39, 0.29) is 29.2 Å². The number of cyclic esters (lactones) is 1. The molecule has 0 N–H and O–H groups in total. The molecule has 2 aliphatic rings. The summed E-state index contributed by atoms with van der Waals surface area (Å²) in [6.07, 6.45) is 1.73. The zero-order valence-electron chi connectivity index (χ0n) is 24.0. The molecule has 5 rings (SSSR count). The zero-order chi connectivity index (χ0) is 28.5. The van der Waals surface area contributed by atoms with Gasteiger partial charge in [-0.3, -0.25) is 9.69 Å². The van der Waals surface area contributed by atoms with Crippen LogP contribution >= 0.6 is 0 Å². The van der Waals surface area contributed by atoms with Crippen LogP contribution in [0, 0.1) is 0 Å². The second-order valence-corrected chi connectivity index (χ2v) is 15.8.